The minimum atomic E-state index is -4.87. The van der Waals surface area contributed by atoms with Crippen LogP contribution >= 0.6 is 11.6 Å². The van der Waals surface area contributed by atoms with Crippen molar-refractivity contribution in [3.05, 3.63) is 81.6 Å². The van der Waals surface area contributed by atoms with Crippen molar-refractivity contribution in [2.24, 2.45) is 0 Å². The fourth-order valence-electron chi connectivity index (χ4n) is 2.89. The van der Waals surface area contributed by atoms with E-state index in [9.17, 15) is 22.8 Å². The summed E-state index contributed by atoms with van der Waals surface area (Å²) in [5, 5.41) is 9.88. The van der Waals surface area contributed by atoms with Crippen LogP contribution in [0.2, 0.25) is 5.02 Å². The summed E-state index contributed by atoms with van der Waals surface area (Å²) < 4.78 is 46.4. The number of rotatable bonds is 4. The molecule has 0 fully saturated rings. The van der Waals surface area contributed by atoms with Crippen molar-refractivity contribution in [1.29, 1.82) is 0 Å². The first-order valence-electron chi connectivity index (χ1n) is 8.61. The van der Waals surface area contributed by atoms with Gasteiger partial charge in [0.2, 0.25) is 0 Å². The van der Waals surface area contributed by atoms with Gasteiger partial charge in [-0.25, -0.2) is 9.48 Å². The molecule has 4 rings (SSSR count). The van der Waals surface area contributed by atoms with E-state index >= 15 is 0 Å². The van der Waals surface area contributed by atoms with Crippen LogP contribution in [-0.4, -0.2) is 25.8 Å². The zero-order valence-corrected chi connectivity index (χ0v) is 16.0. The van der Waals surface area contributed by atoms with Gasteiger partial charge in [0.25, 0.3) is 5.91 Å². The summed E-state index contributed by atoms with van der Waals surface area (Å²) >= 11 is 5.87. The topological polar surface area (TPSA) is 106 Å². The Morgan fingerprint density at radius 3 is 2.61 bits per heavy atom. The standard InChI is InChI=1S/C19H11ClF3N5O3/c20-11-4-2-6-13(8-11)28-15(19(21,22)23)14(9-24-28)17(29)25-12-5-1-3-10(7-12)16-26-18(30)31-27-16/h1-9H,(H,25,29)(H,26,27,30). The lowest BCUT2D eigenvalue weighted by molar-refractivity contribution is -0.143. The molecule has 0 atom stereocenters. The molecule has 8 nitrogen and oxygen atoms in total. The van der Waals surface area contributed by atoms with Crippen molar-refractivity contribution in [2.75, 3.05) is 5.32 Å². The maximum atomic E-state index is 13.8. The van der Waals surface area contributed by atoms with Gasteiger partial charge in [-0.05, 0) is 30.3 Å². The molecule has 0 spiro atoms. The monoisotopic (exact) mass is 449 g/mol. The van der Waals surface area contributed by atoms with Crippen molar-refractivity contribution >= 4 is 23.2 Å². The van der Waals surface area contributed by atoms with Crippen molar-refractivity contribution < 1.29 is 22.5 Å². The van der Waals surface area contributed by atoms with Gasteiger partial charge in [-0.1, -0.05) is 35.0 Å². The number of nitrogens with zero attached hydrogens (tertiary/aromatic N) is 3. The molecule has 0 bridgehead atoms. The molecule has 0 unspecified atom stereocenters. The third-order valence-corrected chi connectivity index (χ3v) is 4.40. The van der Waals surface area contributed by atoms with E-state index < -0.39 is 29.1 Å². The van der Waals surface area contributed by atoms with Crippen molar-refractivity contribution in [3.8, 4) is 17.1 Å². The smallest absolute Gasteiger partial charge is 0.322 e. The number of carbonyl (C=O) groups is 1. The molecule has 0 aliphatic carbocycles. The van der Waals surface area contributed by atoms with Crippen LogP contribution in [0.25, 0.3) is 17.1 Å². The molecule has 12 heteroatoms. The summed E-state index contributed by atoms with van der Waals surface area (Å²) in [5.41, 5.74) is -1.31. The van der Waals surface area contributed by atoms with Gasteiger partial charge in [0.15, 0.2) is 11.5 Å². The molecule has 2 N–H and O–H groups in total. The normalized spacial score (nSPS) is 11.5. The summed E-state index contributed by atoms with van der Waals surface area (Å²) in [5.74, 6) is -1.69. The van der Waals surface area contributed by atoms with Crippen LogP contribution < -0.4 is 11.1 Å². The lowest BCUT2D eigenvalue weighted by atomic mass is 10.1. The second kappa shape index (κ2) is 7.76. The van der Waals surface area contributed by atoms with Crippen LogP contribution in [0.4, 0.5) is 18.9 Å². The van der Waals surface area contributed by atoms with Crippen molar-refractivity contribution in [1.82, 2.24) is 19.9 Å². The second-order valence-corrected chi connectivity index (χ2v) is 6.71. The number of nitrogens with one attached hydrogen (secondary N) is 2. The predicted octanol–water partition coefficient (Wildman–Crippen LogP) is 4.14. The van der Waals surface area contributed by atoms with E-state index in [0.717, 1.165) is 6.20 Å². The van der Waals surface area contributed by atoms with Gasteiger partial charge in [0.05, 0.1) is 17.4 Å². The average Bonchev–Trinajstić information content (AvgIpc) is 3.35. The van der Waals surface area contributed by atoms with E-state index in [2.05, 4.69) is 25.1 Å². The highest BCUT2D eigenvalue weighted by Gasteiger charge is 2.40. The first kappa shape index (κ1) is 20.4. The van der Waals surface area contributed by atoms with Gasteiger partial charge in [-0.2, -0.15) is 18.3 Å². The molecule has 0 saturated carbocycles. The Labute approximate surface area is 176 Å². The molecule has 31 heavy (non-hydrogen) atoms. The van der Waals surface area contributed by atoms with E-state index in [1.807, 2.05) is 0 Å². The predicted molar refractivity (Wildman–Crippen MR) is 104 cm³/mol. The van der Waals surface area contributed by atoms with E-state index in [1.54, 1.807) is 6.07 Å². The number of benzene rings is 2. The maximum absolute atomic E-state index is 13.8. The number of amides is 1. The van der Waals surface area contributed by atoms with Crippen LogP contribution in [-0.2, 0) is 6.18 Å². The van der Waals surface area contributed by atoms with E-state index in [1.165, 1.54) is 42.5 Å². The molecule has 0 radical (unpaired) electrons. The molecule has 2 heterocycles. The fourth-order valence-corrected chi connectivity index (χ4v) is 3.07. The minimum Gasteiger partial charge on any atom is -0.322 e. The van der Waals surface area contributed by atoms with E-state index in [-0.39, 0.29) is 22.2 Å². The Balaban J connectivity index is 1.69. The second-order valence-electron chi connectivity index (χ2n) is 6.27. The number of halogens is 4. The highest BCUT2D eigenvalue weighted by molar-refractivity contribution is 6.30. The average molecular weight is 450 g/mol. The molecule has 0 aliphatic heterocycles. The summed E-state index contributed by atoms with van der Waals surface area (Å²) in [6, 6.07) is 11.6. The van der Waals surface area contributed by atoms with Gasteiger partial charge in [-0.15, -0.1) is 0 Å². The molecule has 0 saturated heterocycles. The van der Waals surface area contributed by atoms with Gasteiger partial charge in [-0.3, -0.25) is 14.3 Å². The Hall–Kier alpha value is -3.86. The number of hydrogen-bond acceptors (Lipinski definition) is 5. The molecule has 2 aromatic carbocycles. The number of alkyl halides is 3. The quantitative estimate of drug-likeness (QED) is 0.487. The summed E-state index contributed by atoms with van der Waals surface area (Å²) in [4.78, 5) is 26.1. The highest BCUT2D eigenvalue weighted by atomic mass is 35.5. The van der Waals surface area contributed by atoms with Crippen LogP contribution in [0.5, 0.6) is 0 Å². The molecule has 158 valence electrons. The number of carbonyl (C=O) groups excluding carboxylic acids is 1. The SMILES string of the molecule is O=C(Nc1cccc(-c2noc(=O)[nH]2)c1)c1cnn(-c2cccc(Cl)c2)c1C(F)(F)F. The third-order valence-electron chi connectivity index (χ3n) is 4.17. The molecule has 4 aromatic rings. The largest absolute Gasteiger partial charge is 0.439 e. The van der Waals surface area contributed by atoms with Crippen LogP contribution in [0.15, 0.2) is 64.0 Å². The zero-order valence-electron chi connectivity index (χ0n) is 15.3. The van der Waals surface area contributed by atoms with E-state index in [0.29, 0.717) is 10.2 Å². The molecular formula is C19H11ClF3N5O3. The summed E-state index contributed by atoms with van der Waals surface area (Å²) in [7, 11) is 0. The van der Waals surface area contributed by atoms with Crippen molar-refractivity contribution in [2.45, 2.75) is 6.18 Å². The number of anilines is 1. The van der Waals surface area contributed by atoms with Crippen molar-refractivity contribution in [3.63, 3.8) is 0 Å². The Kier molecular flexibility index (Phi) is 5.11. The molecule has 2 aromatic heterocycles. The van der Waals surface area contributed by atoms with Crippen LogP contribution in [0, 0.1) is 0 Å². The Morgan fingerprint density at radius 2 is 1.94 bits per heavy atom. The van der Waals surface area contributed by atoms with E-state index in [4.69, 9.17) is 11.6 Å². The van der Waals surface area contributed by atoms with Crippen LogP contribution in [0.3, 0.4) is 0 Å². The summed E-state index contributed by atoms with van der Waals surface area (Å²) in [6.45, 7) is 0. The van der Waals surface area contributed by atoms with Gasteiger partial charge >= 0.3 is 11.9 Å². The maximum Gasteiger partial charge on any atom is 0.439 e. The molecular weight excluding hydrogens is 439 g/mol. The zero-order chi connectivity index (χ0) is 22.2. The van der Waals surface area contributed by atoms with Gasteiger partial charge in [0.1, 0.15) is 0 Å². The number of aromatic amines is 1. The highest BCUT2D eigenvalue weighted by Crippen LogP contribution is 2.34. The van der Waals surface area contributed by atoms with Gasteiger partial charge in [0, 0.05) is 16.3 Å². The Morgan fingerprint density at radius 1 is 1.16 bits per heavy atom. The van der Waals surface area contributed by atoms with Crippen LogP contribution in [0.1, 0.15) is 16.1 Å². The number of hydrogen-bond donors (Lipinski definition) is 2. The fraction of sp³-hybridized carbons (Fsp3) is 0.0526. The Bertz CT molecular complexity index is 1330. The first-order valence-corrected chi connectivity index (χ1v) is 8.99. The number of H-pyrrole nitrogens is 1. The minimum absolute atomic E-state index is 0.0517. The van der Waals surface area contributed by atoms with Gasteiger partial charge < -0.3 is 5.32 Å². The lowest BCUT2D eigenvalue weighted by Crippen LogP contribution is -2.20. The molecule has 1 amide bonds. The summed E-state index contributed by atoms with van der Waals surface area (Å²) in [6.07, 6.45) is -4.04. The molecule has 0 aliphatic rings. The number of aromatic nitrogens is 4. The third kappa shape index (κ3) is 4.21. The first-order chi connectivity index (χ1) is 14.7. The lowest BCUT2D eigenvalue weighted by Gasteiger charge is -2.13.